The summed E-state index contributed by atoms with van der Waals surface area (Å²) in [6.45, 7) is -0.00602. The summed E-state index contributed by atoms with van der Waals surface area (Å²) in [5.74, 6) is 0. The Labute approximate surface area is 117 Å². The number of non-ortho nitro benzene ring substituents is 1. The van der Waals surface area contributed by atoms with Gasteiger partial charge in [-0.1, -0.05) is 0 Å². The summed E-state index contributed by atoms with van der Waals surface area (Å²) in [6, 6.07) is 4.13. The van der Waals surface area contributed by atoms with Crippen LogP contribution in [0.5, 0.6) is 0 Å². The Morgan fingerprint density at radius 2 is 2.14 bits per heavy atom. The molecule has 6 nitrogen and oxygen atoms in total. The van der Waals surface area contributed by atoms with Gasteiger partial charge in [0.2, 0.25) is 0 Å². The van der Waals surface area contributed by atoms with Gasteiger partial charge in [-0.15, -0.1) is 0 Å². The highest BCUT2D eigenvalue weighted by Crippen LogP contribution is 2.29. The van der Waals surface area contributed by atoms with Crippen molar-refractivity contribution in [3.8, 4) is 0 Å². The fourth-order valence-electron chi connectivity index (χ4n) is 1.84. The van der Waals surface area contributed by atoms with Gasteiger partial charge >= 0.3 is 6.18 Å². The fraction of sp³-hybridized carbons (Fsp3) is 0.250. The summed E-state index contributed by atoms with van der Waals surface area (Å²) < 4.78 is 38.6. The molecule has 0 atom stereocenters. The van der Waals surface area contributed by atoms with Crippen LogP contribution in [-0.4, -0.2) is 21.8 Å². The zero-order valence-corrected chi connectivity index (χ0v) is 10.9. The molecule has 1 aromatic heterocycles. The molecule has 0 fully saturated rings. The lowest BCUT2D eigenvalue weighted by Gasteiger charge is -2.09. The van der Waals surface area contributed by atoms with Crippen LogP contribution in [0.25, 0.3) is 0 Å². The minimum Gasteiger partial charge on any atom is -0.388 e. The van der Waals surface area contributed by atoms with Gasteiger partial charge in [-0.3, -0.25) is 14.8 Å². The molecule has 1 heterocycles. The molecular weight excluding hydrogens is 289 g/mol. The van der Waals surface area contributed by atoms with Crippen molar-refractivity contribution in [1.82, 2.24) is 9.78 Å². The molecule has 0 aliphatic heterocycles. The number of hydrogen-bond donors (Lipinski definition) is 1. The number of nitrogens with one attached hydrogen (secondary N) is 1. The summed E-state index contributed by atoms with van der Waals surface area (Å²) in [6.07, 6.45) is -2.89. The topological polar surface area (TPSA) is 73.0 Å². The van der Waals surface area contributed by atoms with Crippen LogP contribution in [0.2, 0.25) is 0 Å². The van der Waals surface area contributed by atoms with Gasteiger partial charge < -0.3 is 5.32 Å². The Kier molecular flexibility index (Phi) is 3.83. The van der Waals surface area contributed by atoms with Gasteiger partial charge in [-0.25, -0.2) is 0 Å². The first-order valence-corrected chi connectivity index (χ1v) is 5.86. The predicted octanol–water partition coefficient (Wildman–Crippen LogP) is 2.90. The molecule has 0 bridgehead atoms. The van der Waals surface area contributed by atoms with Crippen LogP contribution >= 0.6 is 0 Å². The van der Waals surface area contributed by atoms with E-state index in [0.29, 0.717) is 11.3 Å². The molecule has 0 unspecified atom stereocenters. The zero-order chi connectivity index (χ0) is 15.6. The Balaban J connectivity index is 2.32. The Bertz CT molecular complexity index is 667. The second kappa shape index (κ2) is 5.43. The van der Waals surface area contributed by atoms with Crippen molar-refractivity contribution in [2.45, 2.75) is 12.7 Å². The van der Waals surface area contributed by atoms with E-state index in [1.54, 1.807) is 7.05 Å². The Morgan fingerprint density at radius 1 is 1.43 bits per heavy atom. The van der Waals surface area contributed by atoms with E-state index in [1.165, 1.54) is 18.2 Å². The lowest BCUT2D eigenvalue weighted by Crippen LogP contribution is -2.06. The summed E-state index contributed by atoms with van der Waals surface area (Å²) >= 11 is 0. The van der Waals surface area contributed by atoms with Gasteiger partial charge in [0, 0.05) is 36.6 Å². The summed E-state index contributed by atoms with van der Waals surface area (Å²) in [4.78, 5) is 10.2. The zero-order valence-electron chi connectivity index (χ0n) is 10.9. The van der Waals surface area contributed by atoms with Crippen LogP contribution in [0, 0.1) is 10.1 Å². The summed E-state index contributed by atoms with van der Waals surface area (Å²) in [7, 11) is 1.62. The SMILES string of the molecule is CNc1ccc([N+](=O)[O-])cc1Cn1cc(C(F)(F)F)cn1. The molecule has 112 valence electrons. The molecule has 0 radical (unpaired) electrons. The molecule has 0 saturated carbocycles. The van der Waals surface area contributed by atoms with Gasteiger partial charge in [-0.2, -0.15) is 18.3 Å². The number of nitrogens with zero attached hydrogens (tertiary/aromatic N) is 3. The van der Waals surface area contributed by atoms with E-state index < -0.39 is 16.7 Å². The van der Waals surface area contributed by atoms with Gasteiger partial charge in [0.05, 0.1) is 23.2 Å². The van der Waals surface area contributed by atoms with E-state index in [9.17, 15) is 23.3 Å². The quantitative estimate of drug-likeness (QED) is 0.696. The average molecular weight is 300 g/mol. The molecule has 0 aliphatic rings. The van der Waals surface area contributed by atoms with Crippen LogP contribution in [0.3, 0.4) is 0 Å². The van der Waals surface area contributed by atoms with Crippen molar-refractivity contribution < 1.29 is 18.1 Å². The number of nitro benzene ring substituents is 1. The van der Waals surface area contributed by atoms with E-state index >= 15 is 0 Å². The first-order chi connectivity index (χ1) is 9.81. The molecule has 2 aromatic rings. The number of rotatable bonds is 4. The van der Waals surface area contributed by atoms with Gasteiger partial charge in [0.1, 0.15) is 0 Å². The standard InChI is InChI=1S/C12H11F3N4O2/c1-16-11-3-2-10(19(20)21)4-8(11)6-18-7-9(5-17-18)12(13,14)15/h2-5,7,16H,6H2,1H3. The van der Waals surface area contributed by atoms with E-state index in [-0.39, 0.29) is 12.2 Å². The fourth-order valence-corrected chi connectivity index (χ4v) is 1.84. The molecule has 0 aliphatic carbocycles. The van der Waals surface area contributed by atoms with Crippen LogP contribution in [0.1, 0.15) is 11.1 Å². The molecule has 9 heteroatoms. The van der Waals surface area contributed by atoms with Crippen molar-refractivity contribution in [2.75, 3.05) is 12.4 Å². The monoisotopic (exact) mass is 300 g/mol. The maximum Gasteiger partial charge on any atom is 0.419 e. The van der Waals surface area contributed by atoms with Crippen LogP contribution in [0.15, 0.2) is 30.6 Å². The maximum atomic E-state index is 12.5. The number of aromatic nitrogens is 2. The first kappa shape index (κ1) is 14.8. The van der Waals surface area contributed by atoms with E-state index in [1.807, 2.05) is 0 Å². The lowest BCUT2D eigenvalue weighted by atomic mass is 10.1. The number of nitro groups is 1. The molecule has 1 aromatic carbocycles. The molecular formula is C12H11F3N4O2. The number of hydrogen-bond acceptors (Lipinski definition) is 4. The van der Waals surface area contributed by atoms with Crippen LogP contribution in [0.4, 0.5) is 24.5 Å². The van der Waals surface area contributed by atoms with Gasteiger partial charge in [0.15, 0.2) is 0 Å². The minimum absolute atomic E-state index is 0.00602. The molecule has 21 heavy (non-hydrogen) atoms. The number of anilines is 1. The maximum absolute atomic E-state index is 12.5. The van der Waals surface area contributed by atoms with E-state index in [0.717, 1.165) is 17.1 Å². The largest absolute Gasteiger partial charge is 0.419 e. The number of alkyl halides is 3. The second-order valence-corrected chi connectivity index (χ2v) is 4.27. The average Bonchev–Trinajstić information content (AvgIpc) is 2.87. The van der Waals surface area contributed by atoms with Crippen molar-refractivity contribution in [3.63, 3.8) is 0 Å². The number of benzene rings is 1. The molecule has 0 spiro atoms. The first-order valence-electron chi connectivity index (χ1n) is 5.86. The Hall–Kier alpha value is -2.58. The van der Waals surface area contributed by atoms with Crippen LogP contribution in [-0.2, 0) is 12.7 Å². The second-order valence-electron chi connectivity index (χ2n) is 4.27. The highest BCUT2D eigenvalue weighted by atomic mass is 19.4. The number of halogens is 3. The Morgan fingerprint density at radius 3 is 2.67 bits per heavy atom. The molecule has 1 N–H and O–H groups in total. The molecule has 0 amide bonds. The summed E-state index contributed by atoms with van der Waals surface area (Å²) in [5.41, 5.74) is 0.0688. The van der Waals surface area contributed by atoms with E-state index in [2.05, 4.69) is 10.4 Å². The van der Waals surface area contributed by atoms with Crippen LogP contribution < -0.4 is 5.32 Å². The van der Waals surface area contributed by atoms with Gasteiger partial charge in [0.25, 0.3) is 5.69 Å². The molecule has 0 saturated heterocycles. The van der Waals surface area contributed by atoms with E-state index in [4.69, 9.17) is 0 Å². The minimum atomic E-state index is -4.47. The third-order valence-electron chi connectivity index (χ3n) is 2.86. The summed E-state index contributed by atoms with van der Waals surface area (Å²) in [5, 5.41) is 17.2. The van der Waals surface area contributed by atoms with Crippen molar-refractivity contribution >= 4 is 11.4 Å². The highest BCUT2D eigenvalue weighted by molar-refractivity contribution is 5.55. The molecule has 2 rings (SSSR count). The third kappa shape index (κ3) is 3.30. The lowest BCUT2D eigenvalue weighted by molar-refractivity contribution is -0.384. The van der Waals surface area contributed by atoms with Crippen molar-refractivity contribution in [3.05, 3.63) is 51.8 Å². The smallest absolute Gasteiger partial charge is 0.388 e. The predicted molar refractivity (Wildman–Crippen MR) is 69.0 cm³/mol. The van der Waals surface area contributed by atoms with Crippen molar-refractivity contribution in [2.24, 2.45) is 0 Å². The third-order valence-corrected chi connectivity index (χ3v) is 2.86. The van der Waals surface area contributed by atoms with Gasteiger partial charge in [-0.05, 0) is 6.07 Å². The highest BCUT2D eigenvalue weighted by Gasteiger charge is 2.32. The normalized spacial score (nSPS) is 11.4. The van der Waals surface area contributed by atoms with Crippen molar-refractivity contribution in [1.29, 1.82) is 0 Å².